The number of sulfonamides is 1. The van der Waals surface area contributed by atoms with Crippen LogP contribution < -0.4 is 10.5 Å². The summed E-state index contributed by atoms with van der Waals surface area (Å²) in [6.07, 6.45) is 0.426. The van der Waals surface area contributed by atoms with Gasteiger partial charge in [-0.3, -0.25) is 0 Å². The Balaban J connectivity index is 4.27. The summed E-state index contributed by atoms with van der Waals surface area (Å²) < 4.78 is 30.3. The van der Waals surface area contributed by atoms with Gasteiger partial charge in [0.15, 0.2) is 0 Å². The maximum Gasteiger partial charge on any atom is 0.211 e. The molecule has 0 saturated heterocycles. The first-order valence-corrected chi connectivity index (χ1v) is 6.84. The highest BCUT2D eigenvalue weighted by Gasteiger charge is 2.25. The van der Waals surface area contributed by atoms with Gasteiger partial charge in [0.25, 0.3) is 0 Å². The molecule has 17 heavy (non-hydrogen) atoms. The Hall–Kier alpha value is -0.860. The number of nitrogens with two attached hydrogens (primary N) is 1. The Labute approximate surface area is 102 Å². The number of hydrogen-bond acceptors (Lipinski definition) is 5. The topological polar surface area (TPSA) is 114 Å². The van der Waals surface area contributed by atoms with Gasteiger partial charge in [-0.25, -0.2) is 13.1 Å². The third-order valence-electron chi connectivity index (χ3n) is 2.30. The number of amidine groups is 1. The average Bonchev–Trinajstić information content (AvgIpc) is 2.26. The van der Waals surface area contributed by atoms with Crippen LogP contribution in [0.5, 0.6) is 0 Å². The van der Waals surface area contributed by atoms with Crippen LogP contribution in [0.3, 0.4) is 0 Å². The van der Waals surface area contributed by atoms with E-state index in [1.165, 1.54) is 7.11 Å². The Morgan fingerprint density at radius 1 is 1.53 bits per heavy atom. The molecular weight excluding hydrogens is 246 g/mol. The van der Waals surface area contributed by atoms with E-state index in [1.807, 2.05) is 0 Å². The highest BCUT2D eigenvalue weighted by Crippen LogP contribution is 2.13. The summed E-state index contributed by atoms with van der Waals surface area (Å²) in [5, 5.41) is 11.4. The first kappa shape index (κ1) is 16.1. The molecule has 0 aliphatic carbocycles. The lowest BCUT2D eigenvalue weighted by molar-refractivity contribution is 0.199. The summed E-state index contributed by atoms with van der Waals surface area (Å²) in [5.74, 6) is -0.0234. The molecule has 4 N–H and O–H groups in total. The van der Waals surface area contributed by atoms with Crippen LogP contribution in [0.4, 0.5) is 0 Å². The highest BCUT2D eigenvalue weighted by atomic mass is 32.2. The molecule has 0 aromatic carbocycles. The van der Waals surface area contributed by atoms with Crippen LogP contribution in [0.25, 0.3) is 0 Å². The number of nitrogens with one attached hydrogen (secondary N) is 1. The van der Waals surface area contributed by atoms with Gasteiger partial charge in [-0.2, -0.15) is 0 Å². The lowest BCUT2D eigenvalue weighted by Crippen LogP contribution is -2.43. The molecule has 0 aliphatic heterocycles. The van der Waals surface area contributed by atoms with Crippen LogP contribution in [-0.4, -0.2) is 45.5 Å². The van der Waals surface area contributed by atoms with E-state index in [0.717, 1.165) is 0 Å². The number of rotatable bonds is 8. The first-order chi connectivity index (χ1) is 7.75. The largest absolute Gasteiger partial charge is 0.409 e. The van der Waals surface area contributed by atoms with Gasteiger partial charge in [-0.1, -0.05) is 19.0 Å². The van der Waals surface area contributed by atoms with Crippen LogP contribution in [-0.2, 0) is 14.8 Å². The summed E-state index contributed by atoms with van der Waals surface area (Å²) in [4.78, 5) is 0. The summed E-state index contributed by atoms with van der Waals surface area (Å²) in [7, 11) is -1.84. The van der Waals surface area contributed by atoms with Gasteiger partial charge in [0.1, 0.15) is 5.84 Å². The molecule has 8 heteroatoms. The standard InChI is InChI=1S/C9H21N3O4S/c1-9(2,8(10)12-13)7-11-17(14,15)6-4-5-16-3/h11,13H,4-7H2,1-3H3,(H2,10,12). The number of ether oxygens (including phenoxy) is 1. The SMILES string of the molecule is COCCCS(=O)(=O)NCC(C)(C)C(N)=NO. The van der Waals surface area contributed by atoms with E-state index in [9.17, 15) is 8.42 Å². The number of hydrogen-bond donors (Lipinski definition) is 3. The molecule has 0 amide bonds. The lowest BCUT2D eigenvalue weighted by Gasteiger charge is -2.22. The second kappa shape index (κ2) is 6.77. The van der Waals surface area contributed by atoms with Crippen molar-refractivity contribution in [3.8, 4) is 0 Å². The van der Waals surface area contributed by atoms with Gasteiger partial charge in [-0.05, 0) is 6.42 Å². The van der Waals surface area contributed by atoms with E-state index >= 15 is 0 Å². The molecule has 102 valence electrons. The van der Waals surface area contributed by atoms with Crippen molar-refractivity contribution >= 4 is 15.9 Å². The van der Waals surface area contributed by atoms with Crippen LogP contribution >= 0.6 is 0 Å². The van der Waals surface area contributed by atoms with Gasteiger partial charge >= 0.3 is 0 Å². The molecule has 0 rings (SSSR count). The van der Waals surface area contributed by atoms with Crippen LogP contribution in [0.2, 0.25) is 0 Å². The van der Waals surface area contributed by atoms with Crippen molar-refractivity contribution in [1.82, 2.24) is 4.72 Å². The number of oxime groups is 1. The molecule has 0 aromatic rings. The Morgan fingerprint density at radius 3 is 2.59 bits per heavy atom. The zero-order chi connectivity index (χ0) is 13.5. The molecule has 0 aliphatic rings. The molecular formula is C9H21N3O4S. The molecule has 0 spiro atoms. The summed E-state index contributed by atoms with van der Waals surface area (Å²) in [6.45, 7) is 3.84. The fraction of sp³-hybridized carbons (Fsp3) is 0.889. The normalized spacial score (nSPS) is 13.9. The second-order valence-electron chi connectivity index (χ2n) is 4.36. The molecule has 0 saturated carbocycles. The maximum atomic E-state index is 11.6. The fourth-order valence-electron chi connectivity index (χ4n) is 0.982. The van der Waals surface area contributed by atoms with Crippen molar-refractivity contribution in [2.75, 3.05) is 26.0 Å². The van der Waals surface area contributed by atoms with Gasteiger partial charge in [-0.15, -0.1) is 0 Å². The lowest BCUT2D eigenvalue weighted by atomic mass is 9.93. The van der Waals surface area contributed by atoms with Crippen molar-refractivity contribution in [3.63, 3.8) is 0 Å². The Bertz CT molecular complexity index is 351. The minimum atomic E-state index is -3.35. The smallest absolute Gasteiger partial charge is 0.211 e. The molecule has 0 heterocycles. The average molecular weight is 267 g/mol. The van der Waals surface area contributed by atoms with Gasteiger partial charge < -0.3 is 15.7 Å². The molecule has 0 radical (unpaired) electrons. The van der Waals surface area contributed by atoms with Gasteiger partial charge in [0.2, 0.25) is 10.0 Å². The summed E-state index contributed by atoms with van der Waals surface area (Å²) in [6, 6.07) is 0. The van der Waals surface area contributed by atoms with E-state index < -0.39 is 15.4 Å². The summed E-state index contributed by atoms with van der Waals surface area (Å²) >= 11 is 0. The van der Waals surface area contributed by atoms with E-state index in [1.54, 1.807) is 13.8 Å². The van der Waals surface area contributed by atoms with E-state index in [-0.39, 0.29) is 18.1 Å². The van der Waals surface area contributed by atoms with Gasteiger partial charge in [0, 0.05) is 25.7 Å². The van der Waals surface area contributed by atoms with E-state index in [0.29, 0.717) is 13.0 Å². The monoisotopic (exact) mass is 267 g/mol. The fourth-order valence-corrected chi connectivity index (χ4v) is 2.20. The molecule has 0 fully saturated rings. The predicted molar refractivity (Wildman–Crippen MR) is 65.5 cm³/mol. The zero-order valence-corrected chi connectivity index (χ0v) is 11.2. The molecule has 0 unspecified atom stereocenters. The molecule has 0 bridgehead atoms. The number of nitrogens with zero attached hydrogens (tertiary/aromatic N) is 1. The summed E-state index contributed by atoms with van der Waals surface area (Å²) in [5.41, 5.74) is 4.71. The van der Waals surface area contributed by atoms with Crippen molar-refractivity contribution in [3.05, 3.63) is 0 Å². The third-order valence-corrected chi connectivity index (χ3v) is 3.71. The maximum absolute atomic E-state index is 11.6. The zero-order valence-electron chi connectivity index (χ0n) is 10.4. The van der Waals surface area contributed by atoms with Crippen molar-refractivity contribution < 1.29 is 18.4 Å². The molecule has 0 aromatic heterocycles. The van der Waals surface area contributed by atoms with E-state index in [4.69, 9.17) is 15.7 Å². The second-order valence-corrected chi connectivity index (χ2v) is 6.28. The van der Waals surface area contributed by atoms with Crippen molar-refractivity contribution in [2.24, 2.45) is 16.3 Å². The van der Waals surface area contributed by atoms with Crippen LogP contribution in [0.15, 0.2) is 5.16 Å². The number of methoxy groups -OCH3 is 1. The minimum absolute atomic E-state index is 0.00685. The van der Waals surface area contributed by atoms with Gasteiger partial charge in [0.05, 0.1) is 5.75 Å². The highest BCUT2D eigenvalue weighted by molar-refractivity contribution is 7.89. The molecule has 7 nitrogen and oxygen atoms in total. The first-order valence-electron chi connectivity index (χ1n) is 5.19. The third kappa shape index (κ3) is 6.44. The minimum Gasteiger partial charge on any atom is -0.409 e. The quantitative estimate of drug-likeness (QED) is 0.184. The van der Waals surface area contributed by atoms with Crippen molar-refractivity contribution in [2.45, 2.75) is 20.3 Å². The van der Waals surface area contributed by atoms with E-state index in [2.05, 4.69) is 9.88 Å². The predicted octanol–water partition coefficient (Wildman–Crippen LogP) is -0.285. The Morgan fingerprint density at radius 2 is 2.12 bits per heavy atom. The molecule has 0 atom stereocenters. The van der Waals surface area contributed by atoms with Crippen LogP contribution in [0, 0.1) is 5.41 Å². The van der Waals surface area contributed by atoms with Crippen molar-refractivity contribution in [1.29, 1.82) is 0 Å². The Kier molecular flexibility index (Phi) is 6.43. The van der Waals surface area contributed by atoms with Crippen LogP contribution in [0.1, 0.15) is 20.3 Å².